The van der Waals surface area contributed by atoms with E-state index in [-0.39, 0.29) is 80.6 Å². The first kappa shape index (κ1) is 112. The summed E-state index contributed by atoms with van der Waals surface area (Å²) >= 11 is 0. The highest BCUT2D eigenvalue weighted by Crippen LogP contribution is 2.38. The van der Waals surface area contributed by atoms with E-state index in [4.69, 9.17) is 38.4 Å². The predicted octanol–water partition coefficient (Wildman–Crippen LogP) is 15.0. The third-order valence-electron chi connectivity index (χ3n) is 26.1. The van der Waals surface area contributed by atoms with Crippen LogP contribution in [0.1, 0.15) is 129 Å². The molecule has 6 aliphatic rings. The molecule has 0 bridgehead atoms. The van der Waals surface area contributed by atoms with Crippen molar-refractivity contribution in [2.75, 3.05) is 125 Å². The molecule has 6 aliphatic heterocycles. The van der Waals surface area contributed by atoms with Crippen molar-refractivity contribution in [1.29, 1.82) is 5.26 Å². The van der Waals surface area contributed by atoms with Crippen molar-refractivity contribution in [1.82, 2.24) is 89.2 Å². The molecule has 6 fully saturated rings. The summed E-state index contributed by atoms with van der Waals surface area (Å²) in [5.74, 6) is 3.15. The molecular weight excluding hydrogens is 1950 g/mol. The number of H-pyrrole nitrogens is 6. The lowest BCUT2D eigenvalue weighted by atomic mass is 9.97. The third-order valence-corrected chi connectivity index (χ3v) is 26.1. The Labute approximate surface area is 854 Å². The molecule has 0 radical (unpaired) electrons. The van der Waals surface area contributed by atoms with Crippen LogP contribution in [-0.4, -0.2) is 220 Å². The number of likely N-dealkylation sites (tertiary alicyclic amines) is 6. The average molecular weight is 2070 g/mol. The summed E-state index contributed by atoms with van der Waals surface area (Å²) in [4.78, 5) is 124. The van der Waals surface area contributed by atoms with Crippen molar-refractivity contribution >= 4 is 0 Å². The van der Waals surface area contributed by atoms with E-state index in [1.54, 1.807) is 80.0 Å². The number of nitriles is 1. The van der Waals surface area contributed by atoms with Gasteiger partial charge in [0.1, 0.15) is 69.1 Å². The highest BCUT2D eigenvalue weighted by atomic mass is 19.4. The molecule has 18 rings (SSSR count). The molecule has 149 heavy (non-hydrogen) atoms. The SMILES string of the molecule is CCOc1ccccc1OCC1CCN(Cc2ncc[nH]c2=O)CC1.N#Cc1ccccc1OCC1CCN(Cc2ncc[nH]c2=O)CC1.O=c1[nH]ccnc1CN1CCC(COc2ccc(F)cc2F)CC1.O=c1[nH]ccnc1CN1CCC(COc2cccc(F)c2)CC1.O=c1[nH]ccnc1CN1CCC(COc2ccccc2C(F)(F)F)CC1.O=c1[nH]ccnc1CN1CCC(COc2ccccc2OC(F)(F)F)CC1. The quantitative estimate of drug-likeness (QED) is 0.0208. The first-order valence-corrected chi connectivity index (χ1v) is 49.9. The molecule has 6 saturated heterocycles. The van der Waals surface area contributed by atoms with Gasteiger partial charge < -0.3 is 67.8 Å². The van der Waals surface area contributed by atoms with Gasteiger partial charge in [-0.3, -0.25) is 88.1 Å². The van der Waals surface area contributed by atoms with Gasteiger partial charge in [-0.25, -0.2) is 13.2 Å². The van der Waals surface area contributed by atoms with E-state index in [2.05, 4.69) is 100 Å². The fourth-order valence-corrected chi connectivity index (χ4v) is 17.6. The minimum absolute atomic E-state index is 0.0808. The molecule has 12 heterocycles. The fourth-order valence-electron chi connectivity index (χ4n) is 17.6. The van der Waals surface area contributed by atoms with Gasteiger partial charge in [0.2, 0.25) is 0 Å². The standard InChI is InChI=1S/C19H25N3O3.C18H20F3N3O3.C18H20F3N3O2.C18H20N4O2.C17H19F2N3O2.C17H20FN3O2/c1-2-24-17-5-3-4-6-18(17)25-14-15-7-11-22(12-8-15)13-16-19(23)21-10-9-20-16;19-18(20,21)27-16-4-2-1-3-15(16)26-12-13-5-9-24(10-6-13)11-14-17(25)23-8-7-22-14;19-18(20,21)14-3-1-2-4-16(14)26-12-13-5-9-24(10-6-13)11-15-17(25)23-8-7-22-15;19-11-15-3-1-2-4-17(15)24-13-14-5-9-22(10-6-14)12-16-18(23)21-8-7-20-16;18-13-1-2-16(14(19)9-13)24-11-12-3-7-22(8-4-12)10-15-17(23)21-6-5-20-15;18-14-2-1-3-15(10-14)23-12-13-4-8-21(9-5-13)11-16-17(22)20-7-6-19-16/h3-6,9-10,15H,2,7-8,11-14H2,1H3,(H,21,23);1-4,7-8,13H,5-6,9-12H2,(H,23,25);1-4,7-8,13H,5-6,9-12H2,(H,23,25);1-4,7-8,14H,5-6,9-10,12-13H2,(H,21,23);1-2,5-6,9,12H,3-4,7-8,10-11H2,(H,21,23);1-3,6-7,10,13H,4-5,8-9,11-12H2,(H,20,22). The molecule has 794 valence electrons. The highest BCUT2D eigenvalue weighted by Gasteiger charge is 2.36. The Morgan fingerprint density at radius 2 is 0.591 bits per heavy atom. The van der Waals surface area contributed by atoms with Crippen LogP contribution < -0.4 is 71.3 Å². The first-order chi connectivity index (χ1) is 72.2. The second-order valence-electron chi connectivity index (χ2n) is 36.9. The largest absolute Gasteiger partial charge is 0.573 e. The maximum Gasteiger partial charge on any atom is 0.573 e. The molecule has 42 heteroatoms. The first-order valence-electron chi connectivity index (χ1n) is 49.9. The average Bonchev–Trinajstić information content (AvgIpc) is 0.845. The number of piperidine rings is 6. The van der Waals surface area contributed by atoms with Crippen LogP contribution in [0.3, 0.4) is 0 Å². The summed E-state index contributed by atoms with van der Waals surface area (Å²) in [5.41, 5.74) is 2.13. The Kier molecular flexibility index (Phi) is 43.4. The van der Waals surface area contributed by atoms with Gasteiger partial charge in [0.05, 0.1) is 57.4 Å². The Hall–Kier alpha value is -14.4. The molecule has 6 aromatic heterocycles. The summed E-state index contributed by atoms with van der Waals surface area (Å²) in [6, 6.07) is 37.9. The van der Waals surface area contributed by atoms with E-state index in [9.17, 15) is 68.3 Å². The summed E-state index contributed by atoms with van der Waals surface area (Å²) in [5, 5.41) is 9.08. The van der Waals surface area contributed by atoms with Crippen LogP contribution in [0.25, 0.3) is 0 Å². The molecule has 12 aromatic rings. The number of hydrogen-bond donors (Lipinski definition) is 6. The van der Waals surface area contributed by atoms with Gasteiger partial charge in [0, 0.05) is 126 Å². The molecule has 33 nitrogen and oxygen atoms in total. The second kappa shape index (κ2) is 57.8. The van der Waals surface area contributed by atoms with Crippen molar-refractivity contribution in [3.8, 4) is 52.1 Å². The second-order valence-corrected chi connectivity index (χ2v) is 36.9. The summed E-state index contributed by atoms with van der Waals surface area (Å²) in [6.07, 6.45) is 20.7. The number of para-hydroxylation sites is 6. The lowest BCUT2D eigenvalue weighted by Gasteiger charge is -2.31. The van der Waals surface area contributed by atoms with Gasteiger partial charge in [-0.2, -0.15) is 18.4 Å². The van der Waals surface area contributed by atoms with Crippen LogP contribution in [0, 0.1) is 64.3 Å². The highest BCUT2D eigenvalue weighted by molar-refractivity contribution is 5.43. The minimum atomic E-state index is -4.76. The molecule has 0 saturated carbocycles. The van der Waals surface area contributed by atoms with E-state index < -0.39 is 29.7 Å². The zero-order valence-corrected chi connectivity index (χ0v) is 82.8. The maximum atomic E-state index is 13.5. The zero-order chi connectivity index (χ0) is 105. The Morgan fingerprint density at radius 3 is 0.899 bits per heavy atom. The van der Waals surface area contributed by atoms with Crippen LogP contribution in [-0.2, 0) is 45.4 Å². The summed E-state index contributed by atoms with van der Waals surface area (Å²) < 4.78 is 159. The fraction of sp³-hybridized carbons (Fsp3) is 0.430. The lowest BCUT2D eigenvalue weighted by Crippen LogP contribution is -2.36. The number of alkyl halides is 6. The van der Waals surface area contributed by atoms with Gasteiger partial charge in [-0.05, 0) is 271 Å². The molecule has 6 N–H and O–H groups in total. The van der Waals surface area contributed by atoms with Crippen molar-refractivity contribution in [2.24, 2.45) is 35.5 Å². The van der Waals surface area contributed by atoms with Crippen LogP contribution >= 0.6 is 0 Å². The number of rotatable bonds is 33. The van der Waals surface area contributed by atoms with Crippen LogP contribution in [0.5, 0.6) is 46.0 Å². The molecule has 0 spiro atoms. The van der Waals surface area contributed by atoms with E-state index in [1.165, 1.54) is 79.3 Å². The summed E-state index contributed by atoms with van der Waals surface area (Å²) in [6.45, 7) is 19.0. The zero-order valence-electron chi connectivity index (χ0n) is 82.8. The van der Waals surface area contributed by atoms with Gasteiger partial charge in [-0.1, -0.05) is 54.6 Å². The molecule has 0 aliphatic carbocycles. The van der Waals surface area contributed by atoms with Crippen molar-refractivity contribution < 1.29 is 77.4 Å². The molecule has 0 unspecified atom stereocenters. The number of nitrogens with zero attached hydrogens (tertiary/aromatic N) is 13. The normalized spacial score (nSPS) is 16.2. The van der Waals surface area contributed by atoms with E-state index in [0.717, 1.165) is 179 Å². The topological polar surface area (TPSA) is 392 Å². The number of aromatic amines is 6. The Bertz CT molecular complexity index is 6530. The smallest absolute Gasteiger partial charge is 0.493 e. The lowest BCUT2D eigenvalue weighted by molar-refractivity contribution is -0.275. The number of aromatic nitrogens is 12. The monoisotopic (exact) mass is 2070 g/mol. The van der Waals surface area contributed by atoms with Gasteiger partial charge in [0.25, 0.3) is 33.4 Å². The van der Waals surface area contributed by atoms with Crippen LogP contribution in [0.2, 0.25) is 0 Å². The van der Waals surface area contributed by atoms with E-state index >= 15 is 0 Å². The number of ether oxygens (including phenoxy) is 8. The number of benzene rings is 6. The number of nitrogens with one attached hydrogen (secondary N) is 6. The van der Waals surface area contributed by atoms with Gasteiger partial charge in [-0.15, -0.1) is 13.2 Å². The predicted molar refractivity (Wildman–Crippen MR) is 536 cm³/mol. The molecule has 0 atom stereocenters. The molecular formula is C107H124F9N19O14. The van der Waals surface area contributed by atoms with E-state index in [1.807, 2.05) is 49.4 Å². The Balaban J connectivity index is 0.000000149. The van der Waals surface area contributed by atoms with E-state index in [0.29, 0.717) is 154 Å². The molecule has 6 aromatic carbocycles. The van der Waals surface area contributed by atoms with Crippen LogP contribution in [0.4, 0.5) is 39.5 Å². The van der Waals surface area contributed by atoms with Crippen molar-refractivity contribution in [3.63, 3.8) is 0 Å². The summed E-state index contributed by atoms with van der Waals surface area (Å²) in [7, 11) is 0. The minimum Gasteiger partial charge on any atom is -0.493 e. The van der Waals surface area contributed by atoms with Gasteiger partial charge in [0.15, 0.2) is 34.6 Å². The van der Waals surface area contributed by atoms with Crippen LogP contribution in [0.15, 0.2) is 243 Å². The number of halogens is 9. The number of hydrogen-bond acceptors (Lipinski definition) is 27. The van der Waals surface area contributed by atoms with Crippen molar-refractivity contribution in [3.05, 3.63) is 339 Å². The Morgan fingerprint density at radius 1 is 0.315 bits per heavy atom. The maximum absolute atomic E-state index is 13.5. The molecule has 0 amide bonds. The van der Waals surface area contributed by atoms with Crippen molar-refractivity contribution in [2.45, 2.75) is 136 Å². The van der Waals surface area contributed by atoms with Gasteiger partial charge >= 0.3 is 12.5 Å². The third kappa shape index (κ3) is 37.4.